The van der Waals surface area contributed by atoms with Crippen molar-refractivity contribution in [2.24, 2.45) is 0 Å². The molecule has 1 aromatic heterocycles. The van der Waals surface area contributed by atoms with Crippen molar-refractivity contribution in [1.29, 1.82) is 0 Å². The molecule has 0 saturated heterocycles. The van der Waals surface area contributed by atoms with Crippen LogP contribution in [0.1, 0.15) is 34.1 Å². The van der Waals surface area contributed by atoms with E-state index in [1.165, 1.54) is 12.1 Å². The minimum absolute atomic E-state index is 0.151. The molecule has 0 unspecified atom stereocenters. The third kappa shape index (κ3) is 4.85. The van der Waals surface area contributed by atoms with Gasteiger partial charge in [0.2, 0.25) is 0 Å². The molecule has 0 atom stereocenters. The molecule has 0 bridgehead atoms. The normalized spacial score (nSPS) is 11.4. The minimum atomic E-state index is -4.39. The molecule has 0 amide bonds. The molecule has 0 saturated carbocycles. The Labute approximate surface area is 145 Å². The predicted molar refractivity (Wildman–Crippen MR) is 86.6 cm³/mol. The van der Waals surface area contributed by atoms with Crippen LogP contribution in [0.15, 0.2) is 34.1 Å². The van der Waals surface area contributed by atoms with E-state index in [0.717, 1.165) is 23.9 Å². The number of aromatic nitrogens is 2. The van der Waals surface area contributed by atoms with Crippen molar-refractivity contribution < 1.29 is 22.7 Å². The maximum Gasteiger partial charge on any atom is 0.416 e. The first-order chi connectivity index (χ1) is 11.7. The first-order valence-electron chi connectivity index (χ1n) is 7.29. The van der Waals surface area contributed by atoms with Gasteiger partial charge in [0.05, 0.1) is 12.2 Å². The van der Waals surface area contributed by atoms with Gasteiger partial charge in [0.15, 0.2) is 0 Å². The quantitative estimate of drug-likeness (QED) is 0.494. The minimum Gasteiger partial charge on any atom is -0.462 e. The summed E-state index contributed by atoms with van der Waals surface area (Å²) in [5.74, 6) is -0.362. The molecular formula is C16H15F3N2O3S. The van der Waals surface area contributed by atoms with Crippen LogP contribution in [0.4, 0.5) is 13.2 Å². The zero-order chi connectivity index (χ0) is 18.6. The molecule has 0 spiro atoms. The highest BCUT2D eigenvalue weighted by molar-refractivity contribution is 7.98. The van der Waals surface area contributed by atoms with Gasteiger partial charge in [-0.2, -0.15) is 18.2 Å². The topological polar surface area (TPSA) is 72.0 Å². The maximum absolute atomic E-state index is 12.6. The van der Waals surface area contributed by atoms with Crippen molar-refractivity contribution in [3.63, 3.8) is 0 Å². The summed E-state index contributed by atoms with van der Waals surface area (Å²) in [7, 11) is 0. The molecule has 1 aromatic carbocycles. The third-order valence-electron chi connectivity index (χ3n) is 3.22. The van der Waals surface area contributed by atoms with Gasteiger partial charge in [-0.1, -0.05) is 12.1 Å². The van der Waals surface area contributed by atoms with Crippen molar-refractivity contribution in [3.8, 4) is 0 Å². The van der Waals surface area contributed by atoms with Gasteiger partial charge in [0, 0.05) is 11.4 Å². The van der Waals surface area contributed by atoms with E-state index in [0.29, 0.717) is 11.3 Å². The zero-order valence-corrected chi connectivity index (χ0v) is 14.3. The number of thioether (sulfide) groups is 1. The number of hydrogen-bond donors (Lipinski definition) is 1. The van der Waals surface area contributed by atoms with Gasteiger partial charge in [0.1, 0.15) is 10.6 Å². The van der Waals surface area contributed by atoms with Crippen LogP contribution in [-0.4, -0.2) is 22.5 Å². The lowest BCUT2D eigenvalue weighted by Gasteiger charge is -2.10. The molecule has 1 heterocycles. The van der Waals surface area contributed by atoms with Crippen LogP contribution in [-0.2, 0) is 16.7 Å². The molecule has 0 aliphatic carbocycles. The Bertz CT molecular complexity index is 817. The van der Waals surface area contributed by atoms with E-state index >= 15 is 0 Å². The number of carbonyl (C=O) groups excluding carboxylic acids is 1. The van der Waals surface area contributed by atoms with Crippen molar-refractivity contribution in [1.82, 2.24) is 9.97 Å². The summed E-state index contributed by atoms with van der Waals surface area (Å²) < 4.78 is 42.7. The van der Waals surface area contributed by atoms with Crippen LogP contribution >= 0.6 is 11.8 Å². The van der Waals surface area contributed by atoms with Crippen LogP contribution in [0.25, 0.3) is 0 Å². The number of halogens is 3. The number of carbonyl (C=O) groups is 1. The summed E-state index contributed by atoms with van der Waals surface area (Å²) in [6.07, 6.45) is -4.39. The predicted octanol–water partition coefficient (Wildman–Crippen LogP) is 3.57. The Kier molecular flexibility index (Phi) is 5.89. The summed E-state index contributed by atoms with van der Waals surface area (Å²) in [6, 6.07) is 4.66. The molecule has 5 nitrogen and oxygen atoms in total. The fraction of sp³-hybridized carbons (Fsp3) is 0.312. The lowest BCUT2D eigenvalue weighted by Crippen LogP contribution is -2.19. The number of benzene rings is 1. The fourth-order valence-corrected chi connectivity index (χ4v) is 3.07. The fourth-order valence-electron chi connectivity index (χ4n) is 2.05. The van der Waals surface area contributed by atoms with Gasteiger partial charge in [-0.15, -0.1) is 11.8 Å². The third-order valence-corrected chi connectivity index (χ3v) is 4.27. The van der Waals surface area contributed by atoms with E-state index in [-0.39, 0.29) is 22.9 Å². The second-order valence-electron chi connectivity index (χ2n) is 5.05. The van der Waals surface area contributed by atoms with Crippen LogP contribution in [0, 0.1) is 6.92 Å². The second kappa shape index (κ2) is 7.73. The lowest BCUT2D eigenvalue weighted by atomic mass is 10.1. The van der Waals surface area contributed by atoms with Gasteiger partial charge in [-0.3, -0.25) is 0 Å². The van der Waals surface area contributed by atoms with Crippen LogP contribution in [0.5, 0.6) is 0 Å². The average Bonchev–Trinajstić information content (AvgIpc) is 2.52. The van der Waals surface area contributed by atoms with Gasteiger partial charge in [-0.05, 0) is 31.5 Å². The van der Waals surface area contributed by atoms with Crippen LogP contribution in [0.2, 0.25) is 0 Å². The highest BCUT2D eigenvalue weighted by Crippen LogP contribution is 2.30. The van der Waals surface area contributed by atoms with E-state index in [1.807, 2.05) is 0 Å². The Morgan fingerprint density at radius 2 is 1.92 bits per heavy atom. The Morgan fingerprint density at radius 1 is 1.28 bits per heavy atom. The number of H-pyrrole nitrogens is 1. The number of aryl methyl sites for hydroxylation is 1. The van der Waals surface area contributed by atoms with Gasteiger partial charge < -0.3 is 9.72 Å². The average molecular weight is 372 g/mol. The summed E-state index contributed by atoms with van der Waals surface area (Å²) in [5.41, 5.74) is -0.265. The zero-order valence-electron chi connectivity index (χ0n) is 13.4. The molecule has 9 heteroatoms. The number of nitrogens with zero attached hydrogens (tertiary/aromatic N) is 1. The van der Waals surface area contributed by atoms with E-state index in [9.17, 15) is 22.8 Å². The van der Waals surface area contributed by atoms with Crippen LogP contribution in [0.3, 0.4) is 0 Å². The molecular weight excluding hydrogens is 357 g/mol. The highest BCUT2D eigenvalue weighted by atomic mass is 32.2. The van der Waals surface area contributed by atoms with Crippen molar-refractivity contribution in [2.75, 3.05) is 6.61 Å². The Morgan fingerprint density at radius 3 is 2.48 bits per heavy atom. The molecule has 2 aromatic rings. The van der Waals surface area contributed by atoms with Crippen molar-refractivity contribution >= 4 is 17.7 Å². The maximum atomic E-state index is 12.6. The number of esters is 1. The Balaban J connectivity index is 2.23. The number of rotatable bonds is 5. The molecule has 134 valence electrons. The summed E-state index contributed by atoms with van der Waals surface area (Å²) in [6.45, 7) is 3.37. The molecule has 25 heavy (non-hydrogen) atoms. The van der Waals surface area contributed by atoms with Crippen molar-refractivity contribution in [2.45, 2.75) is 30.8 Å². The number of alkyl halides is 3. The first-order valence-corrected chi connectivity index (χ1v) is 8.28. The molecule has 0 aliphatic rings. The molecule has 2 rings (SSSR count). The van der Waals surface area contributed by atoms with Gasteiger partial charge in [0.25, 0.3) is 0 Å². The standard InChI is InChI=1S/C16H15F3N2O3S/c1-3-24-14(22)12-9(2)20-15(23)21-13(12)25-8-10-4-6-11(7-5-10)16(17,18)19/h4-7H,3,8H2,1-2H3,(H,20,21,23). The monoisotopic (exact) mass is 372 g/mol. The van der Waals surface area contributed by atoms with E-state index < -0.39 is 23.4 Å². The van der Waals surface area contributed by atoms with Gasteiger partial charge in [-0.25, -0.2) is 9.59 Å². The van der Waals surface area contributed by atoms with Crippen molar-refractivity contribution in [3.05, 3.63) is 57.1 Å². The molecule has 1 N–H and O–H groups in total. The number of nitrogens with one attached hydrogen (secondary N) is 1. The smallest absolute Gasteiger partial charge is 0.416 e. The van der Waals surface area contributed by atoms with E-state index in [1.54, 1.807) is 13.8 Å². The molecule has 0 fully saturated rings. The van der Waals surface area contributed by atoms with E-state index in [4.69, 9.17) is 4.74 Å². The summed E-state index contributed by atoms with van der Waals surface area (Å²) in [4.78, 5) is 29.8. The number of hydrogen-bond acceptors (Lipinski definition) is 5. The first kappa shape index (κ1) is 19.0. The SMILES string of the molecule is CCOC(=O)c1c(SCc2ccc(C(F)(F)F)cc2)nc(=O)[nH]c1C. The largest absolute Gasteiger partial charge is 0.462 e. The highest BCUT2D eigenvalue weighted by Gasteiger charge is 2.30. The van der Waals surface area contributed by atoms with Crippen LogP contribution < -0.4 is 5.69 Å². The van der Waals surface area contributed by atoms with Gasteiger partial charge >= 0.3 is 17.8 Å². The summed E-state index contributed by atoms with van der Waals surface area (Å²) >= 11 is 1.08. The Hall–Kier alpha value is -2.29. The molecule has 0 radical (unpaired) electrons. The second-order valence-corrected chi connectivity index (χ2v) is 6.01. The molecule has 0 aliphatic heterocycles. The number of ether oxygens (including phenoxy) is 1. The summed E-state index contributed by atoms with van der Waals surface area (Å²) in [5, 5.41) is 0.180. The van der Waals surface area contributed by atoms with E-state index in [2.05, 4.69) is 9.97 Å². The number of aromatic amines is 1. The lowest BCUT2D eigenvalue weighted by molar-refractivity contribution is -0.137.